The molecule has 10 heteroatoms. The number of hydrogen-bond donors (Lipinski definition) is 2. The molecule has 3 aromatic heterocycles. The van der Waals surface area contributed by atoms with Gasteiger partial charge in [-0.05, 0) is 18.1 Å². The van der Waals surface area contributed by atoms with E-state index in [0.717, 1.165) is 28.0 Å². The number of alkyl halides is 2. The van der Waals surface area contributed by atoms with Gasteiger partial charge in [0.25, 0.3) is 6.43 Å². The fourth-order valence-corrected chi connectivity index (χ4v) is 3.75. The zero-order valence-corrected chi connectivity index (χ0v) is 14.5. The molecule has 0 saturated carbocycles. The van der Waals surface area contributed by atoms with Crippen molar-refractivity contribution in [2.24, 2.45) is 0 Å². The first-order chi connectivity index (χ1) is 12.0. The van der Waals surface area contributed by atoms with Gasteiger partial charge < -0.3 is 5.21 Å². The van der Waals surface area contributed by atoms with E-state index in [1.165, 1.54) is 5.06 Å². The van der Waals surface area contributed by atoms with Gasteiger partial charge in [0.05, 0.1) is 11.7 Å². The van der Waals surface area contributed by atoms with Gasteiger partial charge in [0.2, 0.25) is 0 Å². The third kappa shape index (κ3) is 3.06. The number of hydrogen-bond acceptors (Lipinski definition) is 7. The summed E-state index contributed by atoms with van der Waals surface area (Å²) in [5.41, 5.74) is 2.88. The number of fused-ring (bicyclic) bond motifs is 1. The van der Waals surface area contributed by atoms with E-state index in [9.17, 15) is 14.0 Å². The number of halogens is 2. The van der Waals surface area contributed by atoms with Gasteiger partial charge in [0, 0.05) is 29.7 Å². The van der Waals surface area contributed by atoms with Crippen molar-refractivity contribution >= 4 is 35.1 Å². The van der Waals surface area contributed by atoms with Crippen LogP contribution in [0.2, 0.25) is 0 Å². The summed E-state index contributed by atoms with van der Waals surface area (Å²) < 4.78 is 27.3. The van der Waals surface area contributed by atoms with Crippen LogP contribution in [0.25, 0.3) is 21.9 Å². The van der Waals surface area contributed by atoms with E-state index >= 15 is 0 Å². The van der Waals surface area contributed by atoms with Gasteiger partial charge in [-0.1, -0.05) is 17.4 Å². The quantitative estimate of drug-likeness (QED) is 0.679. The number of aromatic nitrogens is 4. The second-order valence-corrected chi connectivity index (χ2v) is 7.11. The van der Waals surface area contributed by atoms with Gasteiger partial charge in [-0.2, -0.15) is 5.06 Å². The third-order valence-corrected chi connectivity index (χ3v) is 5.15. The minimum Gasteiger partial charge on any atom is -0.314 e. The first-order valence-electron chi connectivity index (χ1n) is 7.48. The lowest BCUT2D eigenvalue weighted by molar-refractivity contribution is -0.0807. The second kappa shape index (κ2) is 6.45. The second-order valence-electron chi connectivity index (χ2n) is 5.59. The Labute approximate surface area is 150 Å². The first kappa shape index (κ1) is 16.6. The predicted molar refractivity (Wildman–Crippen MR) is 92.3 cm³/mol. The molecule has 0 fully saturated rings. The Morgan fingerprint density at radius 1 is 1.32 bits per heavy atom. The molecule has 0 spiro atoms. The number of nitrogens with zero attached hydrogens (tertiary/aromatic N) is 5. The molecule has 0 atom stereocenters. The van der Waals surface area contributed by atoms with Gasteiger partial charge in [0.1, 0.15) is 0 Å². The molecule has 0 unspecified atom stereocenters. The van der Waals surface area contributed by atoms with Crippen molar-refractivity contribution < 1.29 is 14.0 Å². The first-order valence-corrected chi connectivity index (χ1v) is 8.74. The highest BCUT2D eigenvalue weighted by Gasteiger charge is 2.20. The largest absolute Gasteiger partial charge is 0.314 e. The lowest BCUT2D eigenvalue weighted by Gasteiger charge is -2.21. The molecule has 0 radical (unpaired) electrons. The maximum absolute atomic E-state index is 12.8. The Morgan fingerprint density at radius 3 is 2.84 bits per heavy atom. The fraction of sp³-hybridized carbons (Fsp3) is 0.267. The highest BCUT2D eigenvalue weighted by Crippen LogP contribution is 2.33. The summed E-state index contributed by atoms with van der Waals surface area (Å²) in [6.07, 6.45) is 3.46. The Morgan fingerprint density at radius 2 is 2.16 bits per heavy atom. The molecule has 4 rings (SSSR count). The molecule has 130 valence electrons. The fourth-order valence-electron chi connectivity index (χ4n) is 2.81. The predicted octanol–water partition coefficient (Wildman–Crippen LogP) is 3.56. The van der Waals surface area contributed by atoms with E-state index < -0.39 is 6.43 Å². The standard InChI is InChI=1S/C15H13F2N5OS2/c16-12(17)14-19-20-15(25-14)13-18-6-11-10(5-9(24)7-22(11)13)8-1-3-21(23)4-2-8/h1,5-7,12,23-24H,2-4H2. The topological polar surface area (TPSA) is 66.5 Å². The highest BCUT2D eigenvalue weighted by atomic mass is 32.1. The van der Waals surface area contributed by atoms with Crippen molar-refractivity contribution in [1.82, 2.24) is 24.6 Å². The molecule has 25 heavy (non-hydrogen) atoms. The van der Waals surface area contributed by atoms with E-state index in [-0.39, 0.29) is 5.01 Å². The molecule has 0 saturated heterocycles. The maximum Gasteiger partial charge on any atom is 0.291 e. The lowest BCUT2D eigenvalue weighted by Crippen LogP contribution is -2.24. The summed E-state index contributed by atoms with van der Waals surface area (Å²) in [5, 5.41) is 18.1. The summed E-state index contributed by atoms with van der Waals surface area (Å²) in [7, 11) is 0. The van der Waals surface area contributed by atoms with Crippen LogP contribution < -0.4 is 0 Å². The van der Waals surface area contributed by atoms with Crippen molar-refractivity contribution in [2.75, 3.05) is 13.1 Å². The highest BCUT2D eigenvalue weighted by molar-refractivity contribution is 7.80. The normalized spacial score (nSPS) is 16.0. The van der Waals surface area contributed by atoms with Crippen LogP contribution in [0, 0.1) is 0 Å². The average molecular weight is 381 g/mol. The zero-order valence-electron chi connectivity index (χ0n) is 12.8. The number of rotatable bonds is 3. The Hall–Kier alpha value is -1.88. The molecule has 0 aliphatic carbocycles. The molecule has 1 aliphatic rings. The molecule has 0 amide bonds. The van der Waals surface area contributed by atoms with Crippen LogP contribution >= 0.6 is 24.0 Å². The van der Waals surface area contributed by atoms with Crippen LogP contribution in [0.5, 0.6) is 0 Å². The monoisotopic (exact) mass is 381 g/mol. The zero-order chi connectivity index (χ0) is 17.6. The van der Waals surface area contributed by atoms with Crippen molar-refractivity contribution in [3.8, 4) is 10.8 Å². The molecule has 1 N–H and O–H groups in total. The van der Waals surface area contributed by atoms with Crippen LogP contribution in [-0.2, 0) is 0 Å². The Kier molecular flexibility index (Phi) is 4.28. The van der Waals surface area contributed by atoms with E-state index in [0.29, 0.717) is 35.2 Å². The van der Waals surface area contributed by atoms with Crippen molar-refractivity contribution in [3.05, 3.63) is 35.1 Å². The van der Waals surface area contributed by atoms with Crippen LogP contribution in [0.4, 0.5) is 8.78 Å². The Bertz CT molecular complexity index is 968. The number of thiol groups is 1. The molecule has 6 nitrogen and oxygen atoms in total. The molecule has 0 bridgehead atoms. The maximum atomic E-state index is 12.8. The van der Waals surface area contributed by atoms with Crippen LogP contribution in [-0.4, -0.2) is 42.9 Å². The van der Waals surface area contributed by atoms with Gasteiger partial charge in [-0.3, -0.25) is 4.40 Å². The van der Waals surface area contributed by atoms with E-state index in [1.807, 2.05) is 12.1 Å². The van der Waals surface area contributed by atoms with Gasteiger partial charge >= 0.3 is 0 Å². The van der Waals surface area contributed by atoms with Gasteiger partial charge in [0.15, 0.2) is 15.8 Å². The van der Waals surface area contributed by atoms with Gasteiger partial charge in [-0.25, -0.2) is 13.8 Å². The Balaban J connectivity index is 1.84. The number of hydroxylamine groups is 2. The summed E-state index contributed by atoms with van der Waals surface area (Å²) in [6.45, 7) is 0.997. The number of imidazole rings is 1. The molecule has 0 aromatic carbocycles. The average Bonchev–Trinajstić information content (AvgIpc) is 3.21. The minimum absolute atomic E-state index is 0.327. The van der Waals surface area contributed by atoms with Crippen LogP contribution in [0.1, 0.15) is 23.4 Å². The van der Waals surface area contributed by atoms with E-state index in [1.54, 1.807) is 16.8 Å². The van der Waals surface area contributed by atoms with E-state index in [2.05, 4.69) is 27.8 Å². The smallest absolute Gasteiger partial charge is 0.291 e. The SMILES string of the molecule is ON1CC=C(c2cc(S)cn3c(-c4nnc(C(F)F)s4)ncc23)CC1. The van der Waals surface area contributed by atoms with E-state index in [4.69, 9.17) is 0 Å². The minimum atomic E-state index is -2.65. The summed E-state index contributed by atoms with van der Waals surface area (Å²) in [6, 6.07) is 1.94. The van der Waals surface area contributed by atoms with Crippen molar-refractivity contribution in [3.63, 3.8) is 0 Å². The molecular weight excluding hydrogens is 368 g/mol. The molecular formula is C15H13F2N5OS2. The van der Waals surface area contributed by atoms with Gasteiger partial charge in [-0.15, -0.1) is 22.8 Å². The van der Waals surface area contributed by atoms with Crippen LogP contribution in [0.15, 0.2) is 29.4 Å². The molecule has 1 aliphatic heterocycles. The lowest BCUT2D eigenvalue weighted by atomic mass is 10.00. The van der Waals surface area contributed by atoms with Crippen molar-refractivity contribution in [2.45, 2.75) is 17.7 Å². The van der Waals surface area contributed by atoms with Crippen molar-refractivity contribution in [1.29, 1.82) is 0 Å². The summed E-state index contributed by atoms with van der Waals surface area (Å²) >= 11 is 5.28. The third-order valence-electron chi connectivity index (χ3n) is 3.98. The van der Waals surface area contributed by atoms with Crippen LogP contribution in [0.3, 0.4) is 0 Å². The molecule has 4 heterocycles. The summed E-state index contributed by atoms with van der Waals surface area (Å²) in [5.74, 6) is 0.455. The number of pyridine rings is 1. The molecule has 3 aromatic rings. The summed E-state index contributed by atoms with van der Waals surface area (Å²) in [4.78, 5) is 5.07.